The summed E-state index contributed by atoms with van der Waals surface area (Å²) in [5.41, 5.74) is 0.816. The van der Waals surface area contributed by atoms with Crippen molar-refractivity contribution >= 4 is 29.3 Å². The highest BCUT2D eigenvalue weighted by Gasteiger charge is 2.30. The number of nitrogens with zero attached hydrogens (tertiary/aromatic N) is 1. The van der Waals surface area contributed by atoms with Gasteiger partial charge in [0.25, 0.3) is 0 Å². The molecule has 3 heterocycles. The maximum atomic E-state index is 12.5. The van der Waals surface area contributed by atoms with Gasteiger partial charge in [-0.15, -0.1) is 11.8 Å². The summed E-state index contributed by atoms with van der Waals surface area (Å²) in [6.07, 6.45) is 4.17. The van der Waals surface area contributed by atoms with Gasteiger partial charge in [-0.1, -0.05) is 12.1 Å². The summed E-state index contributed by atoms with van der Waals surface area (Å²) in [4.78, 5) is 28.1. The predicted octanol–water partition coefficient (Wildman–Crippen LogP) is 3.04. The van der Waals surface area contributed by atoms with E-state index in [2.05, 4.69) is 15.5 Å². The molecule has 1 saturated heterocycles. The van der Waals surface area contributed by atoms with Crippen molar-refractivity contribution in [3.63, 3.8) is 0 Å². The molecule has 2 aliphatic heterocycles. The quantitative estimate of drug-likeness (QED) is 0.800. The van der Waals surface area contributed by atoms with Crippen LogP contribution in [0, 0.1) is 0 Å². The maximum Gasteiger partial charge on any atom is 0.238 e. The number of likely N-dealkylation sites (tertiary alicyclic amines) is 1. The fourth-order valence-electron chi connectivity index (χ4n) is 3.62. The van der Waals surface area contributed by atoms with Crippen LogP contribution < -0.4 is 10.6 Å². The van der Waals surface area contributed by atoms with Crippen molar-refractivity contribution in [3.8, 4) is 0 Å². The highest BCUT2D eigenvalue weighted by atomic mass is 32.2. The second-order valence-corrected chi connectivity index (χ2v) is 8.12. The van der Waals surface area contributed by atoms with Crippen molar-refractivity contribution in [1.82, 2.24) is 10.2 Å². The van der Waals surface area contributed by atoms with Gasteiger partial charge >= 0.3 is 0 Å². The van der Waals surface area contributed by atoms with Crippen LogP contribution in [0.15, 0.2) is 52.0 Å². The lowest BCUT2D eigenvalue weighted by Gasteiger charge is -2.27. The predicted molar refractivity (Wildman–Crippen MR) is 105 cm³/mol. The van der Waals surface area contributed by atoms with Gasteiger partial charge < -0.3 is 15.1 Å². The van der Waals surface area contributed by atoms with Gasteiger partial charge in [-0.05, 0) is 50.2 Å². The molecule has 6 nitrogen and oxygen atoms in total. The minimum atomic E-state index is -0.409. The number of furan rings is 1. The van der Waals surface area contributed by atoms with E-state index in [1.165, 1.54) is 24.6 Å². The number of amides is 2. The molecule has 1 aromatic heterocycles. The molecule has 2 aliphatic rings. The molecule has 1 fully saturated rings. The van der Waals surface area contributed by atoms with Crippen LogP contribution in [0.4, 0.5) is 5.69 Å². The first-order valence-corrected chi connectivity index (χ1v) is 10.2. The Bertz CT molecular complexity index is 803. The zero-order valence-corrected chi connectivity index (χ0v) is 15.8. The number of hydrogen-bond acceptors (Lipinski definition) is 5. The molecule has 0 bridgehead atoms. The molecule has 0 saturated carbocycles. The summed E-state index contributed by atoms with van der Waals surface area (Å²) in [6, 6.07) is 11.5. The number of rotatable bonds is 6. The minimum absolute atomic E-state index is 0.0417. The second-order valence-electron chi connectivity index (χ2n) is 6.87. The number of benzene rings is 1. The zero-order chi connectivity index (χ0) is 18.6. The van der Waals surface area contributed by atoms with E-state index in [1.807, 2.05) is 36.4 Å². The lowest BCUT2D eigenvalue weighted by molar-refractivity contribution is -0.124. The Balaban J connectivity index is 1.35. The first-order valence-electron chi connectivity index (χ1n) is 9.31. The highest BCUT2D eigenvalue weighted by molar-refractivity contribution is 8.01. The Morgan fingerprint density at radius 1 is 1.26 bits per heavy atom. The molecule has 0 aliphatic carbocycles. The van der Waals surface area contributed by atoms with Crippen LogP contribution in [0.25, 0.3) is 0 Å². The largest absolute Gasteiger partial charge is 0.468 e. The number of carbonyl (C=O) groups excluding carboxylic acids is 2. The van der Waals surface area contributed by atoms with Crippen LogP contribution in [0.2, 0.25) is 0 Å². The van der Waals surface area contributed by atoms with Gasteiger partial charge in [0.1, 0.15) is 5.76 Å². The number of thioether (sulfide) groups is 1. The molecule has 27 heavy (non-hydrogen) atoms. The molecule has 2 aromatic rings. The molecule has 0 unspecified atom stereocenters. The van der Waals surface area contributed by atoms with E-state index >= 15 is 0 Å². The topological polar surface area (TPSA) is 74.6 Å². The zero-order valence-electron chi connectivity index (χ0n) is 15.0. The fraction of sp³-hybridized carbons (Fsp3) is 0.400. The SMILES string of the molecule is O=C(C[C@H]1Sc2ccccc2NC1=O)NC[C@@H](c1ccco1)N1CCCC1. The summed E-state index contributed by atoms with van der Waals surface area (Å²) < 4.78 is 5.59. The molecule has 0 radical (unpaired) electrons. The summed E-state index contributed by atoms with van der Waals surface area (Å²) in [6.45, 7) is 2.51. The summed E-state index contributed by atoms with van der Waals surface area (Å²) >= 11 is 1.45. The molecule has 2 N–H and O–H groups in total. The standard InChI is InChI=1S/C20H23N3O3S/c24-19(12-18-20(25)22-14-6-1-2-8-17(14)27-18)21-13-15(16-7-5-11-26-16)23-9-3-4-10-23/h1-2,5-8,11,15,18H,3-4,9-10,12-13H2,(H,21,24)(H,22,25)/t15-,18+/m0/s1. The Kier molecular flexibility index (Phi) is 5.50. The normalized spacial score (nSPS) is 20.7. The third kappa shape index (κ3) is 4.20. The monoisotopic (exact) mass is 385 g/mol. The third-order valence-corrected chi connectivity index (χ3v) is 6.30. The Morgan fingerprint density at radius 2 is 2.07 bits per heavy atom. The third-order valence-electron chi connectivity index (χ3n) is 5.02. The number of fused-ring (bicyclic) bond motifs is 1. The lowest BCUT2D eigenvalue weighted by atomic mass is 10.2. The van der Waals surface area contributed by atoms with Gasteiger partial charge in [0.2, 0.25) is 11.8 Å². The molecule has 142 valence electrons. The first-order chi connectivity index (χ1) is 13.2. The maximum absolute atomic E-state index is 12.5. The van der Waals surface area contributed by atoms with E-state index < -0.39 is 5.25 Å². The van der Waals surface area contributed by atoms with Gasteiger partial charge in [-0.3, -0.25) is 14.5 Å². The van der Waals surface area contributed by atoms with Gasteiger partial charge in [0.05, 0.1) is 23.2 Å². The van der Waals surface area contributed by atoms with Crippen molar-refractivity contribution in [2.24, 2.45) is 0 Å². The molecular weight excluding hydrogens is 362 g/mol. The van der Waals surface area contributed by atoms with Crippen LogP contribution in [0.1, 0.15) is 31.1 Å². The van der Waals surface area contributed by atoms with Crippen molar-refractivity contribution in [1.29, 1.82) is 0 Å². The second kappa shape index (κ2) is 8.19. The number of carbonyl (C=O) groups is 2. The summed E-state index contributed by atoms with van der Waals surface area (Å²) in [5.74, 6) is 0.643. The van der Waals surface area contributed by atoms with Crippen molar-refractivity contribution in [2.45, 2.75) is 35.4 Å². The molecule has 7 heteroatoms. The number of hydrogen-bond donors (Lipinski definition) is 2. The average molecular weight is 385 g/mol. The van der Waals surface area contributed by atoms with Crippen LogP contribution in [-0.4, -0.2) is 41.6 Å². The molecule has 4 rings (SSSR count). The Morgan fingerprint density at radius 3 is 2.85 bits per heavy atom. The van der Waals surface area contributed by atoms with E-state index in [0.29, 0.717) is 6.54 Å². The van der Waals surface area contributed by atoms with Crippen molar-refractivity contribution in [2.75, 3.05) is 25.0 Å². The minimum Gasteiger partial charge on any atom is -0.468 e. The molecule has 2 atom stereocenters. The van der Waals surface area contributed by atoms with Crippen LogP contribution in [0.5, 0.6) is 0 Å². The Hall–Kier alpha value is -2.25. The smallest absolute Gasteiger partial charge is 0.238 e. The lowest BCUT2D eigenvalue weighted by Crippen LogP contribution is -2.39. The number of anilines is 1. The van der Waals surface area contributed by atoms with Crippen LogP contribution in [-0.2, 0) is 9.59 Å². The van der Waals surface area contributed by atoms with E-state index in [0.717, 1.165) is 29.4 Å². The van der Waals surface area contributed by atoms with Gasteiger partial charge in [0, 0.05) is 17.9 Å². The van der Waals surface area contributed by atoms with Gasteiger partial charge in [-0.25, -0.2) is 0 Å². The van der Waals surface area contributed by atoms with Crippen LogP contribution >= 0.6 is 11.8 Å². The van der Waals surface area contributed by atoms with Crippen molar-refractivity contribution < 1.29 is 14.0 Å². The average Bonchev–Trinajstić information content (AvgIpc) is 3.37. The van der Waals surface area contributed by atoms with E-state index in [-0.39, 0.29) is 24.3 Å². The number of nitrogens with one attached hydrogen (secondary N) is 2. The van der Waals surface area contributed by atoms with E-state index in [1.54, 1.807) is 6.26 Å². The van der Waals surface area contributed by atoms with Gasteiger partial charge in [0.15, 0.2) is 0 Å². The van der Waals surface area contributed by atoms with Gasteiger partial charge in [-0.2, -0.15) is 0 Å². The summed E-state index contributed by atoms with van der Waals surface area (Å²) in [5, 5.41) is 5.48. The highest BCUT2D eigenvalue weighted by Crippen LogP contribution is 2.36. The molecule has 0 spiro atoms. The number of para-hydroxylation sites is 1. The molecule has 1 aromatic carbocycles. The Labute approximate surface area is 162 Å². The molecule has 2 amide bonds. The molecular formula is C20H23N3O3S. The summed E-state index contributed by atoms with van der Waals surface area (Å²) in [7, 11) is 0. The van der Waals surface area contributed by atoms with Crippen molar-refractivity contribution in [3.05, 3.63) is 48.4 Å². The van der Waals surface area contributed by atoms with Crippen LogP contribution in [0.3, 0.4) is 0 Å². The first kappa shape index (κ1) is 18.1. The van der Waals surface area contributed by atoms with E-state index in [9.17, 15) is 9.59 Å². The fourth-order valence-corrected chi connectivity index (χ4v) is 4.73. The van der Waals surface area contributed by atoms with E-state index in [4.69, 9.17) is 4.42 Å².